The van der Waals surface area contributed by atoms with Crippen LogP contribution < -0.4 is 11.5 Å². The van der Waals surface area contributed by atoms with Gasteiger partial charge in [0, 0.05) is 30.8 Å². The van der Waals surface area contributed by atoms with Crippen LogP contribution in [-0.2, 0) is 11.3 Å². The van der Waals surface area contributed by atoms with Gasteiger partial charge in [-0.15, -0.1) is 0 Å². The number of carbonyl (C=O) groups excluding carboxylic acids is 2. The molecule has 3 aliphatic rings. The number of primary amides is 1. The lowest BCUT2D eigenvalue weighted by molar-refractivity contribution is -0.125. The third-order valence-corrected chi connectivity index (χ3v) is 7.66. The van der Waals surface area contributed by atoms with Crippen LogP contribution in [0.3, 0.4) is 0 Å². The van der Waals surface area contributed by atoms with E-state index in [0.29, 0.717) is 30.3 Å². The van der Waals surface area contributed by atoms with E-state index in [1.807, 2.05) is 41.4 Å². The summed E-state index contributed by atoms with van der Waals surface area (Å²) in [5.41, 5.74) is 14.7. The molecule has 3 heterocycles. The van der Waals surface area contributed by atoms with Crippen molar-refractivity contribution in [3.63, 3.8) is 0 Å². The SMILES string of the molecule is NC(=O)c1c(-c2cnn(Cc3ccccc3)c2)nn([C@H]2C[C@@]3(CCN(C(=O)C#CC4CC4)C3)C2)c1N. The summed E-state index contributed by atoms with van der Waals surface area (Å²) in [6.07, 6.45) is 8.42. The van der Waals surface area contributed by atoms with Crippen molar-refractivity contribution in [1.29, 1.82) is 0 Å². The quantitative estimate of drug-likeness (QED) is 0.539. The molecule has 6 rings (SSSR count). The van der Waals surface area contributed by atoms with Gasteiger partial charge < -0.3 is 16.4 Å². The van der Waals surface area contributed by atoms with E-state index < -0.39 is 5.91 Å². The number of nitrogens with zero attached hydrogens (tertiary/aromatic N) is 5. The van der Waals surface area contributed by atoms with Crippen molar-refractivity contribution in [3.05, 3.63) is 53.9 Å². The number of rotatable bonds is 5. The molecule has 1 aromatic carbocycles. The summed E-state index contributed by atoms with van der Waals surface area (Å²) in [6.45, 7) is 2.05. The van der Waals surface area contributed by atoms with Crippen molar-refractivity contribution in [2.75, 3.05) is 18.8 Å². The van der Waals surface area contributed by atoms with E-state index in [0.717, 1.165) is 44.2 Å². The Morgan fingerprint density at radius 1 is 1.17 bits per heavy atom. The number of nitrogens with two attached hydrogens (primary N) is 2. The Labute approximate surface area is 209 Å². The lowest BCUT2D eigenvalue weighted by Crippen LogP contribution is -2.42. The Bertz CT molecular complexity index is 1380. The topological polar surface area (TPSA) is 125 Å². The van der Waals surface area contributed by atoms with Crippen LogP contribution in [-0.4, -0.2) is 49.4 Å². The zero-order chi connectivity index (χ0) is 24.9. The van der Waals surface area contributed by atoms with Crippen molar-refractivity contribution in [2.24, 2.45) is 17.1 Å². The third-order valence-electron chi connectivity index (χ3n) is 7.66. The van der Waals surface area contributed by atoms with Gasteiger partial charge in [-0.2, -0.15) is 10.2 Å². The lowest BCUT2D eigenvalue weighted by Gasteiger charge is -2.45. The van der Waals surface area contributed by atoms with Gasteiger partial charge in [0.25, 0.3) is 11.8 Å². The molecule has 2 saturated carbocycles. The highest BCUT2D eigenvalue weighted by Crippen LogP contribution is 2.54. The first kappa shape index (κ1) is 22.4. The van der Waals surface area contributed by atoms with Crippen molar-refractivity contribution < 1.29 is 9.59 Å². The van der Waals surface area contributed by atoms with Crippen molar-refractivity contribution in [1.82, 2.24) is 24.5 Å². The Morgan fingerprint density at radius 2 is 1.94 bits per heavy atom. The molecule has 1 spiro atoms. The van der Waals surface area contributed by atoms with Crippen LogP contribution in [0.1, 0.15) is 54.1 Å². The summed E-state index contributed by atoms with van der Waals surface area (Å²) in [4.78, 5) is 26.7. The second-order valence-corrected chi connectivity index (χ2v) is 10.4. The Kier molecular flexibility index (Phi) is 5.32. The number of likely N-dealkylation sites (tertiary alicyclic amines) is 1. The summed E-state index contributed by atoms with van der Waals surface area (Å²) in [6, 6.07) is 10.1. The van der Waals surface area contributed by atoms with E-state index in [1.54, 1.807) is 15.6 Å². The van der Waals surface area contributed by atoms with Crippen LogP contribution in [0.2, 0.25) is 0 Å². The monoisotopic (exact) mass is 483 g/mol. The standard InChI is InChI=1S/C27H29N7O2/c28-25-23(26(29)36)24(20-14-30-33(16-20)15-19-4-2-1-3-5-19)31-34(25)21-12-27(13-21)10-11-32(17-27)22(35)9-8-18-6-7-18/h1-5,14,16,18,21H,6-7,10-13,15,17,28H2,(H2,29,36)/t21-,27-. The van der Waals surface area contributed by atoms with Gasteiger partial charge in [0.1, 0.15) is 17.1 Å². The van der Waals surface area contributed by atoms with E-state index in [-0.39, 0.29) is 28.7 Å². The smallest absolute Gasteiger partial charge is 0.298 e. The maximum absolute atomic E-state index is 12.5. The molecule has 0 bridgehead atoms. The van der Waals surface area contributed by atoms with Crippen LogP contribution in [0.25, 0.3) is 11.3 Å². The zero-order valence-electron chi connectivity index (χ0n) is 20.1. The first-order valence-corrected chi connectivity index (χ1v) is 12.5. The highest BCUT2D eigenvalue weighted by molar-refractivity contribution is 6.03. The zero-order valence-corrected chi connectivity index (χ0v) is 20.1. The molecule has 4 N–H and O–H groups in total. The molecule has 9 heteroatoms. The van der Waals surface area contributed by atoms with Gasteiger partial charge in [-0.1, -0.05) is 36.3 Å². The summed E-state index contributed by atoms with van der Waals surface area (Å²) >= 11 is 0. The van der Waals surface area contributed by atoms with E-state index >= 15 is 0 Å². The van der Waals surface area contributed by atoms with Gasteiger partial charge in [-0.3, -0.25) is 14.3 Å². The van der Waals surface area contributed by atoms with Crippen LogP contribution in [0.4, 0.5) is 5.82 Å². The van der Waals surface area contributed by atoms with Crippen molar-refractivity contribution >= 4 is 17.6 Å². The normalized spacial score (nSPS) is 22.8. The molecule has 1 aliphatic heterocycles. The fraction of sp³-hybridized carbons (Fsp3) is 0.407. The van der Waals surface area contributed by atoms with Gasteiger partial charge in [-0.25, -0.2) is 4.68 Å². The minimum absolute atomic E-state index is 0.0591. The molecule has 1 saturated heterocycles. The molecular weight excluding hydrogens is 454 g/mol. The maximum atomic E-state index is 12.5. The lowest BCUT2D eigenvalue weighted by atomic mass is 9.65. The number of anilines is 1. The molecule has 0 atom stereocenters. The number of amides is 2. The van der Waals surface area contributed by atoms with Gasteiger partial charge in [0.15, 0.2) is 0 Å². The molecular formula is C27H29N7O2. The summed E-state index contributed by atoms with van der Waals surface area (Å²) in [7, 11) is 0. The first-order valence-electron chi connectivity index (χ1n) is 12.5. The molecule has 0 unspecified atom stereocenters. The Morgan fingerprint density at radius 3 is 2.67 bits per heavy atom. The number of hydrogen-bond acceptors (Lipinski definition) is 5. The van der Waals surface area contributed by atoms with Gasteiger partial charge in [0.05, 0.1) is 18.8 Å². The summed E-state index contributed by atoms with van der Waals surface area (Å²) < 4.78 is 3.55. The molecule has 184 valence electrons. The average Bonchev–Trinajstić information content (AvgIpc) is 3.22. The highest BCUT2D eigenvalue weighted by atomic mass is 16.2. The fourth-order valence-electron chi connectivity index (χ4n) is 5.54. The molecule has 2 aliphatic carbocycles. The van der Waals surface area contributed by atoms with E-state index in [2.05, 4.69) is 16.9 Å². The minimum atomic E-state index is -0.606. The first-order chi connectivity index (χ1) is 17.4. The molecule has 9 nitrogen and oxygen atoms in total. The van der Waals surface area contributed by atoms with Crippen molar-refractivity contribution in [3.8, 4) is 23.1 Å². The predicted molar refractivity (Wildman–Crippen MR) is 134 cm³/mol. The number of hydrogen-bond donors (Lipinski definition) is 2. The Balaban J connectivity index is 1.18. The number of carbonyl (C=O) groups is 2. The molecule has 36 heavy (non-hydrogen) atoms. The van der Waals surface area contributed by atoms with Crippen LogP contribution in [0, 0.1) is 23.2 Å². The average molecular weight is 484 g/mol. The van der Waals surface area contributed by atoms with Gasteiger partial charge in [-0.05, 0) is 49.0 Å². The molecule has 2 aromatic heterocycles. The van der Waals surface area contributed by atoms with Crippen LogP contribution >= 0.6 is 0 Å². The van der Waals surface area contributed by atoms with E-state index in [1.165, 1.54) is 0 Å². The largest absolute Gasteiger partial charge is 0.383 e. The molecule has 0 radical (unpaired) electrons. The maximum Gasteiger partial charge on any atom is 0.298 e. The number of benzene rings is 1. The van der Waals surface area contributed by atoms with Gasteiger partial charge in [0.2, 0.25) is 0 Å². The molecule has 3 fully saturated rings. The molecule has 2 amide bonds. The molecule has 3 aromatic rings. The fourth-order valence-corrected chi connectivity index (χ4v) is 5.54. The number of aromatic nitrogens is 4. The number of nitrogen functional groups attached to an aromatic ring is 1. The third kappa shape index (κ3) is 4.13. The second kappa shape index (κ2) is 8.55. The van der Waals surface area contributed by atoms with Crippen LogP contribution in [0.5, 0.6) is 0 Å². The van der Waals surface area contributed by atoms with E-state index in [9.17, 15) is 9.59 Å². The van der Waals surface area contributed by atoms with Gasteiger partial charge >= 0.3 is 0 Å². The Hall–Kier alpha value is -4.06. The van der Waals surface area contributed by atoms with E-state index in [4.69, 9.17) is 16.6 Å². The van der Waals surface area contributed by atoms with Crippen molar-refractivity contribution in [2.45, 2.75) is 44.7 Å². The minimum Gasteiger partial charge on any atom is -0.383 e. The van der Waals surface area contributed by atoms with Crippen LogP contribution in [0.15, 0.2) is 42.7 Å². The summed E-state index contributed by atoms with van der Waals surface area (Å²) in [5, 5.41) is 9.19. The summed E-state index contributed by atoms with van der Waals surface area (Å²) in [5.74, 6) is 5.92. The highest BCUT2D eigenvalue weighted by Gasteiger charge is 2.51. The second-order valence-electron chi connectivity index (χ2n) is 10.4. The predicted octanol–water partition coefficient (Wildman–Crippen LogP) is 2.44.